The first-order chi connectivity index (χ1) is 17.2. The average molecular weight is 551 g/mol. The minimum atomic E-state index is -0.653. The second-order valence-electron chi connectivity index (χ2n) is 7.51. The second kappa shape index (κ2) is 12.6. The van der Waals surface area contributed by atoms with E-state index >= 15 is 0 Å². The van der Waals surface area contributed by atoms with E-state index in [1.54, 1.807) is 49.4 Å². The first-order valence-electron chi connectivity index (χ1n) is 10.8. The number of halogens is 2. The number of carbonyl (C=O) groups is 3. The monoisotopic (exact) mass is 550 g/mol. The summed E-state index contributed by atoms with van der Waals surface area (Å²) in [6.45, 7) is 1.87. The lowest BCUT2D eigenvalue weighted by molar-refractivity contribution is -0.116. The number of benzene rings is 2. The summed E-state index contributed by atoms with van der Waals surface area (Å²) in [5, 5.41) is 6.61. The molecule has 8 nitrogen and oxygen atoms in total. The standard InChI is InChI=1S/C25H24Cl2N2O6S/c1-14-21(25(32)34-3)24(36-22(14)23(31)28-16-6-4-7-17(13-16)33-2)29-20(30)8-5-11-35-19-10-9-15(26)12-18(19)27/h4,6-7,9-10,12-13H,5,8,11H2,1-3H3,(H,28,31)(H,29,30). The molecule has 11 heteroatoms. The Labute approximate surface area is 222 Å². The number of hydrogen-bond acceptors (Lipinski definition) is 7. The fourth-order valence-corrected chi connectivity index (χ4v) is 4.82. The highest BCUT2D eigenvalue weighted by Crippen LogP contribution is 2.35. The van der Waals surface area contributed by atoms with Crippen LogP contribution in [0.15, 0.2) is 42.5 Å². The van der Waals surface area contributed by atoms with Crippen LogP contribution >= 0.6 is 34.5 Å². The van der Waals surface area contributed by atoms with E-state index in [1.165, 1.54) is 14.2 Å². The molecule has 1 aromatic heterocycles. The van der Waals surface area contributed by atoms with E-state index in [2.05, 4.69) is 10.6 Å². The van der Waals surface area contributed by atoms with Crippen molar-refractivity contribution in [1.82, 2.24) is 0 Å². The molecule has 0 fully saturated rings. The third-order valence-corrected chi connectivity index (χ3v) is 6.76. The van der Waals surface area contributed by atoms with Crippen molar-refractivity contribution in [3.8, 4) is 11.5 Å². The Balaban J connectivity index is 1.67. The maximum absolute atomic E-state index is 12.9. The summed E-state index contributed by atoms with van der Waals surface area (Å²) in [4.78, 5) is 38.2. The Hall–Kier alpha value is -3.27. The van der Waals surface area contributed by atoms with Crippen LogP contribution < -0.4 is 20.1 Å². The Morgan fingerprint density at radius 2 is 1.81 bits per heavy atom. The van der Waals surface area contributed by atoms with Crippen LogP contribution in [-0.4, -0.2) is 38.6 Å². The van der Waals surface area contributed by atoms with Crippen molar-refractivity contribution in [2.75, 3.05) is 31.5 Å². The van der Waals surface area contributed by atoms with Gasteiger partial charge < -0.3 is 24.8 Å². The number of rotatable bonds is 10. The molecule has 1 heterocycles. The zero-order valence-electron chi connectivity index (χ0n) is 19.8. The largest absolute Gasteiger partial charge is 0.497 e. The smallest absolute Gasteiger partial charge is 0.341 e. The molecule has 0 saturated carbocycles. The SMILES string of the molecule is COC(=O)c1c(NC(=O)CCCOc2ccc(Cl)cc2Cl)sc(C(=O)Nc2cccc(OC)c2)c1C. The predicted octanol–water partition coefficient (Wildman–Crippen LogP) is 6.21. The van der Waals surface area contributed by atoms with Crippen LogP contribution in [0.25, 0.3) is 0 Å². The second-order valence-corrected chi connectivity index (χ2v) is 9.38. The number of anilines is 2. The topological polar surface area (TPSA) is 103 Å². The molecular formula is C25H24Cl2N2O6S. The third-order valence-electron chi connectivity index (χ3n) is 5.02. The number of carbonyl (C=O) groups excluding carboxylic acids is 3. The zero-order chi connectivity index (χ0) is 26.2. The van der Waals surface area contributed by atoms with Crippen molar-refractivity contribution in [1.29, 1.82) is 0 Å². The van der Waals surface area contributed by atoms with Crippen LogP contribution in [0.1, 0.15) is 38.4 Å². The average Bonchev–Trinajstić information content (AvgIpc) is 3.18. The van der Waals surface area contributed by atoms with Crippen LogP contribution in [0.4, 0.5) is 10.7 Å². The molecule has 0 aliphatic rings. The van der Waals surface area contributed by atoms with Gasteiger partial charge in [0.2, 0.25) is 5.91 Å². The van der Waals surface area contributed by atoms with Gasteiger partial charge in [-0.2, -0.15) is 0 Å². The molecule has 0 radical (unpaired) electrons. The van der Waals surface area contributed by atoms with E-state index in [0.717, 1.165) is 11.3 Å². The molecule has 2 aromatic carbocycles. The highest BCUT2D eigenvalue weighted by Gasteiger charge is 2.26. The molecule has 2 N–H and O–H groups in total. The zero-order valence-corrected chi connectivity index (χ0v) is 22.1. The molecule has 3 aromatic rings. The number of thiophene rings is 1. The van der Waals surface area contributed by atoms with E-state index < -0.39 is 11.9 Å². The summed E-state index contributed by atoms with van der Waals surface area (Å²) in [7, 11) is 2.77. The minimum absolute atomic E-state index is 0.119. The Morgan fingerprint density at radius 3 is 2.50 bits per heavy atom. The van der Waals surface area contributed by atoms with Crippen molar-refractivity contribution in [3.05, 3.63) is 68.5 Å². The molecule has 0 aliphatic heterocycles. The van der Waals surface area contributed by atoms with E-state index in [0.29, 0.717) is 39.2 Å². The van der Waals surface area contributed by atoms with Crippen molar-refractivity contribution in [2.24, 2.45) is 0 Å². The van der Waals surface area contributed by atoms with Gasteiger partial charge in [0.15, 0.2) is 0 Å². The first-order valence-corrected chi connectivity index (χ1v) is 12.4. The molecule has 2 amide bonds. The van der Waals surface area contributed by atoms with Crippen molar-refractivity contribution < 1.29 is 28.6 Å². The molecule has 0 bridgehead atoms. The van der Waals surface area contributed by atoms with Gasteiger partial charge in [0, 0.05) is 23.2 Å². The van der Waals surface area contributed by atoms with Gasteiger partial charge in [0.05, 0.1) is 36.3 Å². The van der Waals surface area contributed by atoms with Crippen LogP contribution in [0.3, 0.4) is 0 Å². The number of amides is 2. The van der Waals surface area contributed by atoms with Gasteiger partial charge in [-0.3, -0.25) is 9.59 Å². The van der Waals surface area contributed by atoms with Gasteiger partial charge >= 0.3 is 5.97 Å². The van der Waals surface area contributed by atoms with Gasteiger partial charge in [-0.25, -0.2) is 4.79 Å². The maximum Gasteiger partial charge on any atom is 0.341 e. The first kappa shape index (κ1) is 27.3. The fourth-order valence-electron chi connectivity index (χ4n) is 3.25. The molecule has 0 atom stereocenters. The molecule has 0 unspecified atom stereocenters. The Bertz CT molecular complexity index is 1280. The predicted molar refractivity (Wildman–Crippen MR) is 141 cm³/mol. The molecule has 190 valence electrons. The number of hydrogen-bond donors (Lipinski definition) is 2. The maximum atomic E-state index is 12.9. The summed E-state index contributed by atoms with van der Waals surface area (Å²) in [5.74, 6) is -0.368. The number of esters is 1. The van der Waals surface area contributed by atoms with Crippen LogP contribution in [-0.2, 0) is 9.53 Å². The summed E-state index contributed by atoms with van der Waals surface area (Å²) in [6.07, 6.45) is 0.514. The van der Waals surface area contributed by atoms with E-state index in [4.69, 9.17) is 37.4 Å². The highest BCUT2D eigenvalue weighted by molar-refractivity contribution is 7.18. The van der Waals surface area contributed by atoms with E-state index in [9.17, 15) is 14.4 Å². The quantitative estimate of drug-likeness (QED) is 0.230. The lowest BCUT2D eigenvalue weighted by Crippen LogP contribution is -2.15. The van der Waals surface area contributed by atoms with Gasteiger partial charge in [-0.1, -0.05) is 29.3 Å². The molecule has 0 saturated heterocycles. The van der Waals surface area contributed by atoms with Crippen LogP contribution in [0, 0.1) is 6.92 Å². The van der Waals surface area contributed by atoms with Crippen LogP contribution in [0.2, 0.25) is 10.0 Å². The molecule has 36 heavy (non-hydrogen) atoms. The third kappa shape index (κ3) is 6.90. The Morgan fingerprint density at radius 1 is 1.03 bits per heavy atom. The summed E-state index contributed by atoms with van der Waals surface area (Å²) < 4.78 is 15.6. The van der Waals surface area contributed by atoms with Gasteiger partial charge in [-0.05, 0) is 49.2 Å². The lowest BCUT2D eigenvalue weighted by atomic mass is 10.1. The van der Waals surface area contributed by atoms with E-state index in [-0.39, 0.29) is 34.4 Å². The van der Waals surface area contributed by atoms with Crippen molar-refractivity contribution >= 4 is 63.0 Å². The van der Waals surface area contributed by atoms with Crippen molar-refractivity contribution in [2.45, 2.75) is 19.8 Å². The summed E-state index contributed by atoms with van der Waals surface area (Å²) >= 11 is 12.9. The molecular weight excluding hydrogens is 527 g/mol. The fraction of sp³-hybridized carbons (Fsp3) is 0.240. The number of nitrogens with one attached hydrogen (secondary N) is 2. The Kier molecular flexibility index (Phi) is 9.58. The van der Waals surface area contributed by atoms with Gasteiger partial charge in [0.25, 0.3) is 5.91 Å². The van der Waals surface area contributed by atoms with Crippen LogP contribution in [0.5, 0.6) is 11.5 Å². The summed E-state index contributed by atoms with van der Waals surface area (Å²) in [5.41, 5.74) is 1.07. The van der Waals surface area contributed by atoms with Gasteiger partial charge in [0.1, 0.15) is 16.5 Å². The van der Waals surface area contributed by atoms with Gasteiger partial charge in [-0.15, -0.1) is 11.3 Å². The van der Waals surface area contributed by atoms with Crippen molar-refractivity contribution in [3.63, 3.8) is 0 Å². The molecule has 0 spiro atoms. The van der Waals surface area contributed by atoms with E-state index in [1.807, 2.05) is 0 Å². The number of ether oxygens (including phenoxy) is 3. The lowest BCUT2D eigenvalue weighted by Gasteiger charge is -2.09. The number of methoxy groups -OCH3 is 2. The molecule has 3 rings (SSSR count). The molecule has 0 aliphatic carbocycles. The minimum Gasteiger partial charge on any atom is -0.497 e. The highest BCUT2D eigenvalue weighted by atomic mass is 35.5. The summed E-state index contributed by atoms with van der Waals surface area (Å²) in [6, 6.07) is 11.8. The normalized spacial score (nSPS) is 10.5.